The lowest BCUT2D eigenvalue weighted by atomic mass is 9.96. The minimum absolute atomic E-state index is 0.0102. The number of aryl methyl sites for hydroxylation is 1. The highest BCUT2D eigenvalue weighted by Crippen LogP contribution is 2.16. The summed E-state index contributed by atoms with van der Waals surface area (Å²) in [6, 6.07) is 0. The van der Waals surface area contributed by atoms with Crippen molar-refractivity contribution in [3.05, 3.63) is 5.82 Å². The maximum absolute atomic E-state index is 11.8. The van der Waals surface area contributed by atoms with Crippen molar-refractivity contribution in [1.82, 2.24) is 25.4 Å². The van der Waals surface area contributed by atoms with Gasteiger partial charge in [0.1, 0.15) is 5.82 Å². The van der Waals surface area contributed by atoms with Gasteiger partial charge in [0.05, 0.1) is 6.54 Å². The Morgan fingerprint density at radius 1 is 1.20 bits per heavy atom. The van der Waals surface area contributed by atoms with Gasteiger partial charge in [0, 0.05) is 24.9 Å². The van der Waals surface area contributed by atoms with Gasteiger partial charge in [-0.05, 0) is 18.6 Å². The van der Waals surface area contributed by atoms with Crippen LogP contribution in [0.1, 0.15) is 46.9 Å². The molecular formula is C17H31N5O2S. The summed E-state index contributed by atoms with van der Waals surface area (Å²) in [6.45, 7) is 11.2. The summed E-state index contributed by atoms with van der Waals surface area (Å²) in [6.07, 6.45) is 3.54. The molecule has 25 heavy (non-hydrogen) atoms. The quantitative estimate of drug-likeness (QED) is 0.512. The number of hydrogen-bond donors (Lipinski definition) is 2. The maximum Gasteiger partial charge on any atom is 0.239 e. The summed E-state index contributed by atoms with van der Waals surface area (Å²) in [5.41, 5.74) is -0.490. The molecule has 0 bridgehead atoms. The van der Waals surface area contributed by atoms with E-state index in [1.54, 1.807) is 11.8 Å². The number of rotatable bonds is 9. The van der Waals surface area contributed by atoms with Crippen LogP contribution in [0, 0.1) is 11.3 Å². The van der Waals surface area contributed by atoms with E-state index in [0.29, 0.717) is 12.5 Å². The zero-order valence-electron chi connectivity index (χ0n) is 16.2. The summed E-state index contributed by atoms with van der Waals surface area (Å²) in [4.78, 5) is 23.5. The standard InChI is InChI=1S/C17H31N5O2S/c1-12(2)11-22-13(20-21-16(22)25-6)8-7-9-18-14(23)10-19-15(24)17(3,4)5/h12H,7-11H2,1-6H3,(H,18,23)(H,19,24). The highest BCUT2D eigenvalue weighted by Gasteiger charge is 2.21. The summed E-state index contributed by atoms with van der Waals surface area (Å²) in [5.74, 6) is 1.17. The molecule has 1 rings (SSSR count). The van der Waals surface area contributed by atoms with Crippen LogP contribution >= 0.6 is 11.8 Å². The molecule has 0 atom stereocenters. The lowest BCUT2D eigenvalue weighted by molar-refractivity contribution is -0.131. The van der Waals surface area contributed by atoms with Crippen LogP contribution in [0.4, 0.5) is 0 Å². The molecule has 0 saturated carbocycles. The number of aromatic nitrogens is 3. The fourth-order valence-corrected chi connectivity index (χ4v) is 2.69. The highest BCUT2D eigenvalue weighted by atomic mass is 32.2. The van der Waals surface area contributed by atoms with Gasteiger partial charge in [0.25, 0.3) is 0 Å². The molecule has 2 N–H and O–H groups in total. The molecule has 0 radical (unpaired) electrons. The smallest absolute Gasteiger partial charge is 0.239 e. The van der Waals surface area contributed by atoms with Crippen molar-refractivity contribution in [2.24, 2.45) is 11.3 Å². The van der Waals surface area contributed by atoms with Crippen molar-refractivity contribution < 1.29 is 9.59 Å². The van der Waals surface area contributed by atoms with Crippen LogP contribution in [0.2, 0.25) is 0 Å². The van der Waals surface area contributed by atoms with E-state index in [9.17, 15) is 9.59 Å². The molecule has 0 saturated heterocycles. The Bertz CT molecular complexity index is 578. The maximum atomic E-state index is 11.8. The van der Waals surface area contributed by atoms with Gasteiger partial charge in [0.15, 0.2) is 5.16 Å². The number of thioether (sulfide) groups is 1. The van der Waals surface area contributed by atoms with Crippen molar-refractivity contribution in [2.45, 2.75) is 59.2 Å². The summed E-state index contributed by atoms with van der Waals surface area (Å²) >= 11 is 1.59. The number of hydrogen-bond acceptors (Lipinski definition) is 5. The molecule has 0 aliphatic rings. The molecule has 0 aliphatic heterocycles. The minimum Gasteiger partial charge on any atom is -0.355 e. The Morgan fingerprint density at radius 2 is 1.88 bits per heavy atom. The summed E-state index contributed by atoms with van der Waals surface area (Å²) < 4.78 is 2.15. The first-order valence-corrected chi connectivity index (χ1v) is 9.88. The Kier molecular flexibility index (Phi) is 8.41. The van der Waals surface area contributed by atoms with E-state index in [1.165, 1.54) is 0 Å². The van der Waals surface area contributed by atoms with Gasteiger partial charge < -0.3 is 15.2 Å². The van der Waals surface area contributed by atoms with E-state index in [4.69, 9.17) is 0 Å². The topological polar surface area (TPSA) is 88.9 Å². The minimum atomic E-state index is -0.490. The number of nitrogens with zero attached hydrogens (tertiary/aromatic N) is 3. The molecule has 2 amide bonds. The number of amides is 2. The van der Waals surface area contributed by atoms with Crippen molar-refractivity contribution in [3.8, 4) is 0 Å². The fraction of sp³-hybridized carbons (Fsp3) is 0.765. The predicted octanol–water partition coefficient (Wildman–Crippen LogP) is 1.87. The third kappa shape index (κ3) is 7.46. The molecular weight excluding hydrogens is 338 g/mol. The molecule has 1 heterocycles. The van der Waals surface area contributed by atoms with Gasteiger partial charge in [-0.15, -0.1) is 10.2 Å². The van der Waals surface area contributed by atoms with E-state index in [1.807, 2.05) is 27.0 Å². The van der Waals surface area contributed by atoms with Crippen LogP contribution in [0.5, 0.6) is 0 Å². The van der Waals surface area contributed by atoms with Gasteiger partial charge in [-0.25, -0.2) is 0 Å². The molecule has 0 spiro atoms. The van der Waals surface area contributed by atoms with E-state index < -0.39 is 5.41 Å². The number of carbonyl (C=O) groups excluding carboxylic acids is 2. The number of carbonyl (C=O) groups is 2. The lowest BCUT2D eigenvalue weighted by Crippen LogP contribution is -2.41. The molecule has 0 aliphatic carbocycles. The van der Waals surface area contributed by atoms with Gasteiger partial charge in [-0.1, -0.05) is 46.4 Å². The summed E-state index contributed by atoms with van der Waals surface area (Å²) in [7, 11) is 0. The van der Waals surface area contributed by atoms with Gasteiger partial charge >= 0.3 is 0 Å². The molecule has 142 valence electrons. The SMILES string of the molecule is CSc1nnc(CCCNC(=O)CNC(=O)C(C)(C)C)n1CC(C)C. The van der Waals surface area contributed by atoms with Crippen LogP contribution in [0.25, 0.3) is 0 Å². The molecule has 0 fully saturated rings. The van der Waals surface area contributed by atoms with Crippen LogP contribution in [-0.2, 0) is 22.6 Å². The van der Waals surface area contributed by atoms with E-state index in [-0.39, 0.29) is 18.4 Å². The summed E-state index contributed by atoms with van der Waals surface area (Å²) in [5, 5.41) is 14.9. The van der Waals surface area contributed by atoms with Gasteiger partial charge in [-0.2, -0.15) is 0 Å². The first-order chi connectivity index (χ1) is 11.6. The second kappa shape index (κ2) is 9.79. The Hall–Kier alpha value is -1.57. The predicted molar refractivity (Wildman–Crippen MR) is 100 cm³/mol. The first kappa shape index (κ1) is 21.5. The largest absolute Gasteiger partial charge is 0.355 e. The molecule has 1 aromatic rings. The number of nitrogens with one attached hydrogen (secondary N) is 2. The molecule has 7 nitrogen and oxygen atoms in total. The van der Waals surface area contributed by atoms with Crippen molar-refractivity contribution >= 4 is 23.6 Å². The van der Waals surface area contributed by atoms with Gasteiger partial charge in [-0.3, -0.25) is 9.59 Å². The monoisotopic (exact) mass is 369 g/mol. The lowest BCUT2D eigenvalue weighted by Gasteiger charge is -2.17. The molecule has 0 aromatic carbocycles. The first-order valence-electron chi connectivity index (χ1n) is 8.66. The third-order valence-electron chi connectivity index (χ3n) is 3.51. The fourth-order valence-electron chi connectivity index (χ4n) is 2.17. The molecule has 1 aromatic heterocycles. The normalized spacial score (nSPS) is 11.6. The average molecular weight is 370 g/mol. The van der Waals surface area contributed by atoms with E-state index >= 15 is 0 Å². The molecule has 0 unspecified atom stereocenters. The van der Waals surface area contributed by atoms with E-state index in [2.05, 4.69) is 39.2 Å². The zero-order valence-corrected chi connectivity index (χ0v) is 17.0. The van der Waals surface area contributed by atoms with Crippen LogP contribution in [-0.4, -0.2) is 45.9 Å². The Labute approximate surface area is 154 Å². The average Bonchev–Trinajstić information content (AvgIpc) is 2.89. The Balaban J connectivity index is 2.37. The van der Waals surface area contributed by atoms with Crippen molar-refractivity contribution in [2.75, 3.05) is 19.3 Å². The van der Waals surface area contributed by atoms with Crippen LogP contribution < -0.4 is 10.6 Å². The second-order valence-electron chi connectivity index (χ2n) is 7.49. The van der Waals surface area contributed by atoms with Gasteiger partial charge in [0.2, 0.25) is 11.8 Å². The van der Waals surface area contributed by atoms with Crippen LogP contribution in [0.3, 0.4) is 0 Å². The van der Waals surface area contributed by atoms with E-state index in [0.717, 1.165) is 30.4 Å². The zero-order chi connectivity index (χ0) is 19.0. The highest BCUT2D eigenvalue weighted by molar-refractivity contribution is 7.98. The van der Waals surface area contributed by atoms with Crippen molar-refractivity contribution in [1.29, 1.82) is 0 Å². The third-order valence-corrected chi connectivity index (χ3v) is 4.18. The molecule has 8 heteroatoms. The second-order valence-corrected chi connectivity index (χ2v) is 8.27. The van der Waals surface area contributed by atoms with Crippen LogP contribution in [0.15, 0.2) is 5.16 Å². The Morgan fingerprint density at radius 3 is 2.44 bits per heavy atom. The van der Waals surface area contributed by atoms with Crippen molar-refractivity contribution in [3.63, 3.8) is 0 Å².